The lowest BCUT2D eigenvalue weighted by atomic mass is 10.1. The van der Waals surface area contributed by atoms with Crippen LogP contribution >= 0.6 is 0 Å². The van der Waals surface area contributed by atoms with Gasteiger partial charge in [-0.15, -0.1) is 9.89 Å². The van der Waals surface area contributed by atoms with E-state index in [2.05, 4.69) is 15.4 Å². The van der Waals surface area contributed by atoms with E-state index in [9.17, 15) is 0 Å². The van der Waals surface area contributed by atoms with Gasteiger partial charge in [0.1, 0.15) is 11.4 Å². The third-order valence-electron chi connectivity index (χ3n) is 3.35. The second-order valence-electron chi connectivity index (χ2n) is 4.80. The first-order valence-corrected chi connectivity index (χ1v) is 6.94. The number of benzene rings is 2. The lowest BCUT2D eigenvalue weighted by Gasteiger charge is -1.99. The zero-order valence-electron chi connectivity index (χ0n) is 12.5. The van der Waals surface area contributed by atoms with Gasteiger partial charge in [-0.1, -0.05) is 30.3 Å². The maximum absolute atomic E-state index is 5.13. The predicted octanol–water partition coefficient (Wildman–Crippen LogP) is 3.14. The van der Waals surface area contributed by atoms with Gasteiger partial charge in [0.2, 0.25) is 0 Å². The summed E-state index contributed by atoms with van der Waals surface area (Å²) in [5.74, 6) is 0.820. The van der Waals surface area contributed by atoms with Crippen LogP contribution in [0.3, 0.4) is 0 Å². The summed E-state index contributed by atoms with van der Waals surface area (Å²) >= 11 is 0. The molecule has 0 aliphatic rings. The number of aromatic nitrogens is 3. The van der Waals surface area contributed by atoms with Crippen molar-refractivity contribution >= 4 is 6.21 Å². The van der Waals surface area contributed by atoms with Gasteiger partial charge in [0.05, 0.1) is 19.0 Å². The van der Waals surface area contributed by atoms with E-state index < -0.39 is 0 Å². The molecule has 0 radical (unpaired) electrons. The molecule has 0 amide bonds. The van der Waals surface area contributed by atoms with Crippen LogP contribution in [0.1, 0.15) is 11.3 Å². The first-order chi connectivity index (χ1) is 10.8. The van der Waals surface area contributed by atoms with Crippen molar-refractivity contribution in [2.24, 2.45) is 5.10 Å². The standard InChI is InChI=1S/C17H16N4O/c1-13-17(15-6-4-3-5-7-15)19-20-21(13)18-12-14-8-10-16(22-2)11-9-14/h3-12H,1-2H3/b18-12+. The van der Waals surface area contributed by atoms with E-state index in [4.69, 9.17) is 4.74 Å². The van der Waals surface area contributed by atoms with Crippen LogP contribution in [0.5, 0.6) is 5.75 Å². The van der Waals surface area contributed by atoms with Gasteiger partial charge >= 0.3 is 0 Å². The predicted molar refractivity (Wildman–Crippen MR) is 86.2 cm³/mol. The molecule has 2 aromatic carbocycles. The normalized spacial score (nSPS) is 11.0. The van der Waals surface area contributed by atoms with Crippen LogP contribution in [-0.4, -0.2) is 28.4 Å². The SMILES string of the molecule is COc1ccc(/C=N/n2nnc(-c3ccccc3)c2C)cc1. The fraction of sp³-hybridized carbons (Fsp3) is 0.118. The summed E-state index contributed by atoms with van der Waals surface area (Å²) in [4.78, 5) is 1.53. The van der Waals surface area contributed by atoms with Gasteiger partial charge in [-0.2, -0.15) is 5.10 Å². The molecule has 0 saturated carbocycles. The lowest BCUT2D eigenvalue weighted by molar-refractivity contribution is 0.415. The Labute approximate surface area is 128 Å². The molecule has 22 heavy (non-hydrogen) atoms. The van der Waals surface area contributed by atoms with Gasteiger partial charge in [0.25, 0.3) is 0 Å². The summed E-state index contributed by atoms with van der Waals surface area (Å²) < 4.78 is 5.13. The van der Waals surface area contributed by atoms with Crippen LogP contribution < -0.4 is 4.74 Å². The third kappa shape index (κ3) is 2.88. The van der Waals surface area contributed by atoms with Crippen molar-refractivity contribution in [2.45, 2.75) is 6.92 Å². The van der Waals surface area contributed by atoms with Crippen LogP contribution in [0.4, 0.5) is 0 Å². The fourth-order valence-electron chi connectivity index (χ4n) is 2.10. The molecule has 0 aliphatic carbocycles. The van der Waals surface area contributed by atoms with Gasteiger partial charge in [-0.25, -0.2) is 0 Å². The maximum atomic E-state index is 5.13. The zero-order valence-corrected chi connectivity index (χ0v) is 12.5. The van der Waals surface area contributed by atoms with Crippen molar-refractivity contribution in [3.63, 3.8) is 0 Å². The van der Waals surface area contributed by atoms with Crippen LogP contribution in [0.25, 0.3) is 11.3 Å². The number of rotatable bonds is 4. The van der Waals surface area contributed by atoms with E-state index in [0.29, 0.717) is 0 Å². The average Bonchev–Trinajstić information content (AvgIpc) is 2.95. The minimum atomic E-state index is 0.820. The first-order valence-electron chi connectivity index (χ1n) is 6.94. The smallest absolute Gasteiger partial charge is 0.118 e. The number of hydrogen-bond acceptors (Lipinski definition) is 4. The highest BCUT2D eigenvalue weighted by Gasteiger charge is 2.09. The molecule has 3 aromatic rings. The number of methoxy groups -OCH3 is 1. The Hall–Kier alpha value is -2.95. The molecule has 0 saturated heterocycles. The maximum Gasteiger partial charge on any atom is 0.118 e. The molecule has 1 aromatic heterocycles. The van der Waals surface area contributed by atoms with Crippen molar-refractivity contribution in [1.82, 2.24) is 15.1 Å². The van der Waals surface area contributed by atoms with Crippen LogP contribution in [0.15, 0.2) is 59.7 Å². The summed E-state index contributed by atoms with van der Waals surface area (Å²) in [5.41, 5.74) is 3.74. The van der Waals surface area contributed by atoms with Gasteiger partial charge in [-0.05, 0) is 42.0 Å². The summed E-state index contributed by atoms with van der Waals surface area (Å²) in [5, 5.41) is 12.6. The van der Waals surface area contributed by atoms with Crippen molar-refractivity contribution in [3.8, 4) is 17.0 Å². The molecular weight excluding hydrogens is 276 g/mol. The van der Waals surface area contributed by atoms with Gasteiger partial charge in [0.15, 0.2) is 0 Å². The first kappa shape index (κ1) is 14.0. The summed E-state index contributed by atoms with van der Waals surface area (Å²) in [7, 11) is 1.65. The number of hydrogen-bond donors (Lipinski definition) is 0. The Morgan fingerprint density at radius 1 is 1.05 bits per heavy atom. The van der Waals surface area contributed by atoms with Crippen LogP contribution in [0, 0.1) is 6.92 Å². The molecule has 0 spiro atoms. The van der Waals surface area contributed by atoms with Crippen LogP contribution in [0.2, 0.25) is 0 Å². The fourth-order valence-corrected chi connectivity index (χ4v) is 2.10. The topological polar surface area (TPSA) is 52.3 Å². The van der Waals surface area contributed by atoms with E-state index >= 15 is 0 Å². The second kappa shape index (κ2) is 6.22. The molecular formula is C17H16N4O. The Kier molecular flexibility index (Phi) is 3.96. The third-order valence-corrected chi connectivity index (χ3v) is 3.35. The highest BCUT2D eigenvalue weighted by Crippen LogP contribution is 2.19. The number of ether oxygens (including phenoxy) is 1. The van der Waals surface area contributed by atoms with E-state index in [0.717, 1.165) is 28.3 Å². The van der Waals surface area contributed by atoms with Crippen molar-refractivity contribution in [3.05, 3.63) is 65.9 Å². The van der Waals surface area contributed by atoms with Gasteiger partial charge < -0.3 is 4.74 Å². The Balaban J connectivity index is 1.84. The van der Waals surface area contributed by atoms with Crippen molar-refractivity contribution in [1.29, 1.82) is 0 Å². The Bertz CT molecular complexity index is 776. The van der Waals surface area contributed by atoms with Crippen LogP contribution in [-0.2, 0) is 0 Å². The molecule has 5 nitrogen and oxygen atoms in total. The molecule has 0 fully saturated rings. The molecule has 0 atom stereocenters. The molecule has 5 heteroatoms. The van der Waals surface area contributed by atoms with E-state index in [1.165, 1.54) is 4.79 Å². The minimum Gasteiger partial charge on any atom is -0.497 e. The van der Waals surface area contributed by atoms with E-state index in [1.54, 1.807) is 13.3 Å². The van der Waals surface area contributed by atoms with Gasteiger partial charge in [0, 0.05) is 5.56 Å². The molecule has 110 valence electrons. The highest BCUT2D eigenvalue weighted by atomic mass is 16.5. The molecule has 0 unspecified atom stereocenters. The molecule has 0 bridgehead atoms. The average molecular weight is 292 g/mol. The largest absolute Gasteiger partial charge is 0.497 e. The van der Waals surface area contributed by atoms with E-state index in [1.807, 2.05) is 61.5 Å². The summed E-state index contributed by atoms with van der Waals surface area (Å²) in [6, 6.07) is 17.6. The van der Waals surface area contributed by atoms with E-state index in [-0.39, 0.29) is 0 Å². The monoisotopic (exact) mass is 292 g/mol. The molecule has 0 aliphatic heterocycles. The second-order valence-corrected chi connectivity index (χ2v) is 4.80. The van der Waals surface area contributed by atoms with Crippen molar-refractivity contribution in [2.75, 3.05) is 7.11 Å². The summed E-state index contributed by atoms with van der Waals surface area (Å²) in [6.07, 6.45) is 1.75. The number of nitrogens with zero attached hydrogens (tertiary/aromatic N) is 4. The van der Waals surface area contributed by atoms with Crippen molar-refractivity contribution < 1.29 is 4.74 Å². The minimum absolute atomic E-state index is 0.820. The molecule has 0 N–H and O–H groups in total. The lowest BCUT2D eigenvalue weighted by Crippen LogP contribution is -1.96. The quantitative estimate of drug-likeness (QED) is 0.694. The van der Waals surface area contributed by atoms with Gasteiger partial charge in [-0.3, -0.25) is 0 Å². The molecule has 1 heterocycles. The Morgan fingerprint density at radius 3 is 2.45 bits per heavy atom. The zero-order chi connectivity index (χ0) is 15.4. The highest BCUT2D eigenvalue weighted by molar-refractivity contribution is 5.79. The summed E-state index contributed by atoms with van der Waals surface area (Å²) in [6.45, 7) is 1.95. The molecule has 3 rings (SSSR count). The Morgan fingerprint density at radius 2 is 1.77 bits per heavy atom.